The predicted molar refractivity (Wildman–Crippen MR) is 64.4 cm³/mol. The molecule has 0 spiro atoms. The van der Waals surface area contributed by atoms with Crippen molar-refractivity contribution in [2.75, 3.05) is 5.75 Å². The van der Waals surface area contributed by atoms with Crippen LogP contribution in [0.25, 0.3) is 0 Å². The lowest BCUT2D eigenvalue weighted by atomic mass is 10.1. The fourth-order valence-electron chi connectivity index (χ4n) is 1.30. The number of sulfone groups is 1. The van der Waals surface area contributed by atoms with Gasteiger partial charge in [-0.1, -0.05) is 19.1 Å². The number of alkyl halides is 1. The van der Waals surface area contributed by atoms with Crippen molar-refractivity contribution in [1.29, 1.82) is 0 Å². The second-order valence-electron chi connectivity index (χ2n) is 3.59. The summed E-state index contributed by atoms with van der Waals surface area (Å²) in [5.74, 6) is 0.0702. The lowest BCUT2D eigenvalue weighted by Crippen LogP contribution is -2.09. The Hall–Kier alpha value is -0.580. The van der Waals surface area contributed by atoms with Crippen molar-refractivity contribution in [1.82, 2.24) is 0 Å². The van der Waals surface area contributed by atoms with E-state index in [1.807, 2.05) is 0 Å². The highest BCUT2D eigenvalue weighted by Crippen LogP contribution is 2.22. The summed E-state index contributed by atoms with van der Waals surface area (Å²) in [6.07, 6.45) is -0.778. The summed E-state index contributed by atoms with van der Waals surface area (Å²) >= 11 is 5.75. The molecular weight excluding hydrogens is 248 g/mol. The largest absolute Gasteiger partial charge is 0.387 e. The van der Waals surface area contributed by atoms with E-state index < -0.39 is 21.3 Å². The molecule has 0 bridgehead atoms. The van der Waals surface area contributed by atoms with Gasteiger partial charge in [0.2, 0.25) is 0 Å². The first-order valence-corrected chi connectivity index (χ1v) is 7.12. The Balaban J connectivity index is 3.01. The van der Waals surface area contributed by atoms with Gasteiger partial charge in [0.1, 0.15) is 0 Å². The van der Waals surface area contributed by atoms with Crippen LogP contribution in [0.1, 0.15) is 25.5 Å². The standard InChI is InChI=1S/C11H15ClO3S/c1-3-16(14,15)10-6-4-9(5-7-10)11(13)8(2)12/h4-8,11,13H,3H2,1-2H3. The number of rotatable bonds is 4. The summed E-state index contributed by atoms with van der Waals surface area (Å²) in [4.78, 5) is 0.271. The van der Waals surface area contributed by atoms with Gasteiger partial charge >= 0.3 is 0 Å². The molecule has 0 radical (unpaired) electrons. The van der Waals surface area contributed by atoms with Gasteiger partial charge in [0.05, 0.1) is 22.1 Å². The number of aliphatic hydroxyl groups is 1. The third-order valence-corrected chi connectivity index (χ3v) is 4.39. The average Bonchev–Trinajstić information content (AvgIpc) is 2.28. The minimum Gasteiger partial charge on any atom is -0.387 e. The van der Waals surface area contributed by atoms with Crippen molar-refractivity contribution in [3.8, 4) is 0 Å². The summed E-state index contributed by atoms with van der Waals surface area (Å²) in [5, 5.41) is 9.26. The molecule has 0 amide bonds. The molecule has 90 valence electrons. The minimum atomic E-state index is -3.18. The Morgan fingerprint density at radius 2 is 1.81 bits per heavy atom. The number of hydrogen-bond acceptors (Lipinski definition) is 3. The minimum absolute atomic E-state index is 0.0702. The third-order valence-electron chi connectivity index (χ3n) is 2.40. The van der Waals surface area contributed by atoms with Gasteiger partial charge in [0, 0.05) is 0 Å². The van der Waals surface area contributed by atoms with Crippen molar-refractivity contribution in [2.45, 2.75) is 30.2 Å². The Bertz CT molecular complexity index is 437. The van der Waals surface area contributed by atoms with E-state index in [-0.39, 0.29) is 10.6 Å². The van der Waals surface area contributed by atoms with E-state index in [0.717, 1.165) is 0 Å². The number of benzene rings is 1. The quantitative estimate of drug-likeness (QED) is 0.846. The van der Waals surface area contributed by atoms with E-state index in [4.69, 9.17) is 11.6 Å². The molecule has 0 saturated carbocycles. The maximum atomic E-state index is 11.5. The van der Waals surface area contributed by atoms with Gasteiger partial charge in [0.15, 0.2) is 9.84 Å². The molecule has 0 heterocycles. The van der Waals surface area contributed by atoms with Gasteiger partial charge in [-0.15, -0.1) is 11.6 Å². The van der Waals surface area contributed by atoms with Crippen LogP contribution in [0.3, 0.4) is 0 Å². The van der Waals surface area contributed by atoms with Gasteiger partial charge in [0.25, 0.3) is 0 Å². The third kappa shape index (κ3) is 2.97. The number of hydrogen-bond donors (Lipinski definition) is 1. The van der Waals surface area contributed by atoms with E-state index in [1.165, 1.54) is 12.1 Å². The average molecular weight is 263 g/mol. The molecule has 2 unspecified atom stereocenters. The first-order chi connectivity index (χ1) is 7.38. The van der Waals surface area contributed by atoms with Crippen LogP contribution >= 0.6 is 11.6 Å². The molecule has 0 aliphatic carbocycles. The van der Waals surface area contributed by atoms with E-state index in [1.54, 1.807) is 26.0 Å². The van der Waals surface area contributed by atoms with Gasteiger partial charge in [-0.25, -0.2) is 8.42 Å². The van der Waals surface area contributed by atoms with Crippen molar-refractivity contribution >= 4 is 21.4 Å². The zero-order valence-corrected chi connectivity index (χ0v) is 10.8. The summed E-state index contributed by atoms with van der Waals surface area (Å²) in [5.41, 5.74) is 0.623. The smallest absolute Gasteiger partial charge is 0.178 e. The summed E-state index contributed by atoms with van der Waals surface area (Å²) in [6.45, 7) is 3.28. The molecule has 1 N–H and O–H groups in total. The second-order valence-corrected chi connectivity index (χ2v) is 6.56. The normalized spacial score (nSPS) is 15.8. The Labute approximate surface area is 101 Å². The van der Waals surface area contributed by atoms with Crippen LogP contribution in [0, 0.1) is 0 Å². The first kappa shape index (κ1) is 13.5. The molecule has 0 fully saturated rings. The van der Waals surface area contributed by atoms with E-state index >= 15 is 0 Å². The molecule has 0 aliphatic rings. The molecule has 1 rings (SSSR count). The molecule has 5 heteroatoms. The summed E-state index contributed by atoms with van der Waals surface area (Å²) in [7, 11) is -3.18. The molecule has 3 nitrogen and oxygen atoms in total. The van der Waals surface area contributed by atoms with Crippen molar-refractivity contribution in [3.05, 3.63) is 29.8 Å². The van der Waals surface area contributed by atoms with Crippen LogP contribution in [0.2, 0.25) is 0 Å². The lowest BCUT2D eigenvalue weighted by molar-refractivity contribution is 0.177. The van der Waals surface area contributed by atoms with Crippen LogP contribution in [0.15, 0.2) is 29.2 Å². The maximum absolute atomic E-state index is 11.5. The van der Waals surface area contributed by atoms with Crippen LogP contribution in [-0.4, -0.2) is 24.7 Å². The molecule has 0 aromatic heterocycles. The van der Waals surface area contributed by atoms with Crippen molar-refractivity contribution < 1.29 is 13.5 Å². The van der Waals surface area contributed by atoms with Gasteiger partial charge in [-0.2, -0.15) is 0 Å². The Kier molecular flexibility index (Phi) is 4.35. The first-order valence-electron chi connectivity index (χ1n) is 5.03. The number of halogens is 1. The van der Waals surface area contributed by atoms with Crippen molar-refractivity contribution in [3.63, 3.8) is 0 Å². The molecule has 1 aromatic carbocycles. The van der Waals surface area contributed by atoms with Crippen LogP contribution in [0.5, 0.6) is 0 Å². The van der Waals surface area contributed by atoms with Gasteiger partial charge < -0.3 is 5.11 Å². The SMILES string of the molecule is CCS(=O)(=O)c1ccc(C(O)C(C)Cl)cc1. The molecule has 2 atom stereocenters. The van der Waals surface area contributed by atoms with Crippen LogP contribution in [-0.2, 0) is 9.84 Å². The van der Waals surface area contributed by atoms with E-state index in [9.17, 15) is 13.5 Å². The fraction of sp³-hybridized carbons (Fsp3) is 0.455. The Morgan fingerprint density at radius 1 is 1.31 bits per heavy atom. The summed E-state index contributed by atoms with van der Waals surface area (Å²) in [6, 6.07) is 6.17. The van der Waals surface area contributed by atoms with Crippen LogP contribution in [0.4, 0.5) is 0 Å². The molecule has 0 saturated heterocycles. The Morgan fingerprint density at radius 3 is 2.19 bits per heavy atom. The lowest BCUT2D eigenvalue weighted by Gasteiger charge is -2.13. The second kappa shape index (κ2) is 5.17. The molecule has 16 heavy (non-hydrogen) atoms. The van der Waals surface area contributed by atoms with Crippen LogP contribution < -0.4 is 0 Å². The zero-order valence-electron chi connectivity index (χ0n) is 9.22. The van der Waals surface area contributed by atoms with Gasteiger partial charge in [-0.05, 0) is 24.6 Å². The molecule has 1 aromatic rings. The van der Waals surface area contributed by atoms with E-state index in [0.29, 0.717) is 5.56 Å². The maximum Gasteiger partial charge on any atom is 0.178 e. The topological polar surface area (TPSA) is 54.4 Å². The zero-order chi connectivity index (χ0) is 12.3. The van der Waals surface area contributed by atoms with Gasteiger partial charge in [-0.3, -0.25) is 0 Å². The highest BCUT2D eigenvalue weighted by molar-refractivity contribution is 7.91. The summed E-state index contributed by atoms with van der Waals surface area (Å²) < 4.78 is 23.1. The predicted octanol–water partition coefficient (Wildman–Crippen LogP) is 2.14. The monoisotopic (exact) mass is 262 g/mol. The molecular formula is C11H15ClO3S. The highest BCUT2D eigenvalue weighted by Gasteiger charge is 2.16. The van der Waals surface area contributed by atoms with Crippen molar-refractivity contribution in [2.24, 2.45) is 0 Å². The molecule has 0 aliphatic heterocycles. The fourth-order valence-corrected chi connectivity index (χ4v) is 2.33. The number of aliphatic hydroxyl groups excluding tert-OH is 1. The highest BCUT2D eigenvalue weighted by atomic mass is 35.5. The van der Waals surface area contributed by atoms with E-state index in [2.05, 4.69) is 0 Å².